The van der Waals surface area contributed by atoms with Gasteiger partial charge in [-0.3, -0.25) is 0 Å². The third-order valence-corrected chi connectivity index (χ3v) is 2.78. The highest BCUT2D eigenvalue weighted by Gasteiger charge is 2.17. The van der Waals surface area contributed by atoms with E-state index in [1.54, 1.807) is 6.92 Å². The SMILES string of the molecule is CCOC(=O)c1nn(-c2ccc(Br)cc2)cc1O. The van der Waals surface area contributed by atoms with Crippen LogP contribution in [0.1, 0.15) is 17.4 Å². The maximum absolute atomic E-state index is 11.5. The maximum Gasteiger partial charge on any atom is 0.362 e. The molecule has 0 radical (unpaired) electrons. The number of aromatic nitrogens is 2. The van der Waals surface area contributed by atoms with Crippen molar-refractivity contribution >= 4 is 21.9 Å². The molecule has 1 aromatic heterocycles. The summed E-state index contributed by atoms with van der Waals surface area (Å²) < 4.78 is 7.16. The van der Waals surface area contributed by atoms with E-state index >= 15 is 0 Å². The van der Waals surface area contributed by atoms with Gasteiger partial charge in [-0.1, -0.05) is 15.9 Å². The number of halogens is 1. The molecule has 5 nitrogen and oxygen atoms in total. The molecule has 2 rings (SSSR count). The summed E-state index contributed by atoms with van der Waals surface area (Å²) in [5.74, 6) is -0.831. The first-order chi connectivity index (χ1) is 8.61. The molecule has 6 heteroatoms. The van der Waals surface area contributed by atoms with Gasteiger partial charge in [0.15, 0.2) is 5.75 Å². The fourth-order valence-corrected chi connectivity index (χ4v) is 1.70. The molecule has 0 bridgehead atoms. The van der Waals surface area contributed by atoms with Gasteiger partial charge >= 0.3 is 5.97 Å². The van der Waals surface area contributed by atoms with Gasteiger partial charge in [0, 0.05) is 4.47 Å². The van der Waals surface area contributed by atoms with Crippen LogP contribution in [0.25, 0.3) is 5.69 Å². The van der Waals surface area contributed by atoms with Crippen LogP contribution in [0.4, 0.5) is 0 Å². The third kappa shape index (κ3) is 2.53. The van der Waals surface area contributed by atoms with Crippen molar-refractivity contribution in [1.29, 1.82) is 0 Å². The standard InChI is InChI=1S/C12H11BrN2O3/c1-2-18-12(17)11-10(16)7-15(14-11)9-5-3-8(13)4-6-9/h3-7,16H,2H2,1H3. The molecular formula is C12H11BrN2O3. The minimum absolute atomic E-state index is 0.0835. The minimum atomic E-state index is -0.633. The van der Waals surface area contributed by atoms with Crippen molar-refractivity contribution in [3.05, 3.63) is 40.6 Å². The van der Waals surface area contributed by atoms with Crippen LogP contribution in [0.2, 0.25) is 0 Å². The zero-order chi connectivity index (χ0) is 13.1. The van der Waals surface area contributed by atoms with Crippen LogP contribution < -0.4 is 0 Å². The van der Waals surface area contributed by atoms with Gasteiger partial charge in [0.05, 0.1) is 18.5 Å². The Bertz CT molecular complexity index is 563. The van der Waals surface area contributed by atoms with Crippen LogP contribution >= 0.6 is 15.9 Å². The lowest BCUT2D eigenvalue weighted by molar-refractivity contribution is 0.0515. The smallest absolute Gasteiger partial charge is 0.362 e. The fourth-order valence-electron chi connectivity index (χ4n) is 1.44. The summed E-state index contributed by atoms with van der Waals surface area (Å²) in [4.78, 5) is 11.5. The van der Waals surface area contributed by atoms with Crippen molar-refractivity contribution in [3.63, 3.8) is 0 Å². The van der Waals surface area contributed by atoms with Gasteiger partial charge in [-0.15, -0.1) is 0 Å². The van der Waals surface area contributed by atoms with Crippen molar-refractivity contribution in [2.45, 2.75) is 6.92 Å². The number of hydrogen-bond acceptors (Lipinski definition) is 4. The first-order valence-electron chi connectivity index (χ1n) is 5.33. The molecule has 1 N–H and O–H groups in total. The summed E-state index contributed by atoms with van der Waals surface area (Å²) in [6, 6.07) is 7.31. The predicted octanol–water partition coefficient (Wildman–Crippen LogP) is 2.52. The largest absolute Gasteiger partial charge is 0.504 e. The number of aromatic hydroxyl groups is 1. The maximum atomic E-state index is 11.5. The Kier molecular flexibility index (Phi) is 3.66. The van der Waals surface area contributed by atoms with Gasteiger partial charge in [0.25, 0.3) is 0 Å². The highest BCUT2D eigenvalue weighted by Crippen LogP contribution is 2.20. The average molecular weight is 311 g/mol. The lowest BCUT2D eigenvalue weighted by atomic mass is 10.3. The zero-order valence-corrected chi connectivity index (χ0v) is 11.2. The second-order valence-corrected chi connectivity index (χ2v) is 4.42. The molecule has 0 aliphatic carbocycles. The van der Waals surface area contributed by atoms with E-state index in [-0.39, 0.29) is 18.1 Å². The molecule has 0 saturated heterocycles. The van der Waals surface area contributed by atoms with E-state index in [1.165, 1.54) is 10.9 Å². The van der Waals surface area contributed by atoms with Crippen molar-refractivity contribution in [2.24, 2.45) is 0 Å². The van der Waals surface area contributed by atoms with Crippen LogP contribution in [0.5, 0.6) is 5.75 Å². The number of nitrogens with zero attached hydrogens (tertiary/aromatic N) is 2. The van der Waals surface area contributed by atoms with Gasteiger partial charge in [-0.25, -0.2) is 9.48 Å². The van der Waals surface area contributed by atoms with Crippen molar-refractivity contribution < 1.29 is 14.6 Å². The van der Waals surface area contributed by atoms with Crippen LogP contribution in [-0.4, -0.2) is 27.5 Å². The van der Waals surface area contributed by atoms with Crippen LogP contribution in [0.3, 0.4) is 0 Å². The van der Waals surface area contributed by atoms with E-state index in [0.717, 1.165) is 10.2 Å². The summed E-state index contributed by atoms with van der Waals surface area (Å²) in [5, 5.41) is 13.7. The van der Waals surface area contributed by atoms with Gasteiger partial charge in [-0.2, -0.15) is 5.10 Å². The molecular weight excluding hydrogens is 300 g/mol. The summed E-state index contributed by atoms with van der Waals surface area (Å²) >= 11 is 3.33. The zero-order valence-electron chi connectivity index (χ0n) is 9.63. The molecule has 0 aliphatic rings. The van der Waals surface area contributed by atoms with Gasteiger partial charge < -0.3 is 9.84 Å². The Labute approximate surface area is 112 Å². The highest BCUT2D eigenvalue weighted by atomic mass is 79.9. The number of esters is 1. The first-order valence-corrected chi connectivity index (χ1v) is 6.13. The summed E-state index contributed by atoms with van der Waals surface area (Å²) in [5.41, 5.74) is 0.656. The van der Waals surface area contributed by atoms with E-state index < -0.39 is 5.97 Å². The molecule has 18 heavy (non-hydrogen) atoms. The van der Waals surface area contributed by atoms with Crippen LogP contribution in [0.15, 0.2) is 34.9 Å². The quantitative estimate of drug-likeness (QED) is 0.885. The molecule has 0 spiro atoms. The normalized spacial score (nSPS) is 10.3. The molecule has 94 valence electrons. The number of rotatable bonds is 3. The molecule has 0 amide bonds. The van der Waals surface area contributed by atoms with Gasteiger partial charge in [-0.05, 0) is 31.2 Å². The second kappa shape index (κ2) is 5.22. The molecule has 2 aromatic rings. The molecule has 0 unspecified atom stereocenters. The lowest BCUT2D eigenvalue weighted by Gasteiger charge is -2.00. The van der Waals surface area contributed by atoms with E-state index in [4.69, 9.17) is 4.74 Å². The number of carbonyl (C=O) groups is 1. The topological polar surface area (TPSA) is 64.3 Å². The Balaban J connectivity index is 2.34. The fraction of sp³-hybridized carbons (Fsp3) is 0.167. The summed E-state index contributed by atoms with van der Waals surface area (Å²) in [6.07, 6.45) is 1.37. The van der Waals surface area contributed by atoms with Crippen molar-refractivity contribution in [2.75, 3.05) is 6.61 Å². The molecule has 0 aliphatic heterocycles. The van der Waals surface area contributed by atoms with E-state index in [9.17, 15) is 9.90 Å². The summed E-state index contributed by atoms with van der Waals surface area (Å²) in [6.45, 7) is 1.93. The molecule has 0 saturated carbocycles. The van der Waals surface area contributed by atoms with Crippen molar-refractivity contribution in [3.8, 4) is 11.4 Å². The van der Waals surface area contributed by atoms with E-state index in [1.807, 2.05) is 24.3 Å². The van der Waals surface area contributed by atoms with Crippen LogP contribution in [0, 0.1) is 0 Å². The Morgan fingerprint density at radius 2 is 2.11 bits per heavy atom. The third-order valence-electron chi connectivity index (χ3n) is 2.25. The second-order valence-electron chi connectivity index (χ2n) is 3.50. The number of ether oxygens (including phenoxy) is 1. The van der Waals surface area contributed by atoms with Gasteiger partial charge in [0.1, 0.15) is 0 Å². The number of carbonyl (C=O) groups excluding carboxylic acids is 1. The number of benzene rings is 1. The summed E-state index contributed by atoms with van der Waals surface area (Å²) in [7, 11) is 0. The molecule has 1 heterocycles. The Morgan fingerprint density at radius 1 is 1.44 bits per heavy atom. The monoisotopic (exact) mass is 310 g/mol. The Hall–Kier alpha value is -1.82. The average Bonchev–Trinajstić information content (AvgIpc) is 2.72. The lowest BCUT2D eigenvalue weighted by Crippen LogP contribution is -2.06. The first kappa shape index (κ1) is 12.6. The van der Waals surface area contributed by atoms with Crippen molar-refractivity contribution in [1.82, 2.24) is 9.78 Å². The highest BCUT2D eigenvalue weighted by molar-refractivity contribution is 9.10. The molecule has 1 aromatic carbocycles. The van der Waals surface area contributed by atoms with E-state index in [0.29, 0.717) is 0 Å². The predicted molar refractivity (Wildman–Crippen MR) is 68.9 cm³/mol. The van der Waals surface area contributed by atoms with E-state index in [2.05, 4.69) is 21.0 Å². The van der Waals surface area contributed by atoms with Gasteiger partial charge in [0.2, 0.25) is 5.69 Å². The molecule has 0 atom stereocenters. The molecule has 0 fully saturated rings. The Morgan fingerprint density at radius 3 is 2.72 bits per heavy atom. The van der Waals surface area contributed by atoms with Crippen LogP contribution in [-0.2, 0) is 4.74 Å². The minimum Gasteiger partial charge on any atom is -0.504 e. The number of hydrogen-bond donors (Lipinski definition) is 1.